The minimum absolute atomic E-state index is 0.137. The van der Waals surface area contributed by atoms with Crippen molar-refractivity contribution in [2.45, 2.75) is 40.5 Å². The van der Waals surface area contributed by atoms with Crippen LogP contribution in [0.25, 0.3) is 0 Å². The molecule has 0 bridgehead atoms. The predicted molar refractivity (Wildman–Crippen MR) is 81.3 cm³/mol. The summed E-state index contributed by atoms with van der Waals surface area (Å²) in [6, 6.07) is 0. The molecule has 0 aromatic heterocycles. The fraction of sp³-hybridized carbons (Fsp3) is 1.00. The van der Waals surface area contributed by atoms with Crippen LogP contribution in [0.2, 0.25) is 0 Å². The van der Waals surface area contributed by atoms with E-state index in [2.05, 4.69) is 33.0 Å². The van der Waals surface area contributed by atoms with Crippen molar-refractivity contribution in [1.82, 2.24) is 5.32 Å². The number of ether oxygens (including phenoxy) is 1. The predicted octanol–water partition coefficient (Wildman–Crippen LogP) is 2.10. The average molecular weight is 293 g/mol. The number of sulfone groups is 1. The van der Waals surface area contributed by atoms with Gasteiger partial charge >= 0.3 is 0 Å². The molecule has 0 rings (SSSR count). The van der Waals surface area contributed by atoms with Crippen molar-refractivity contribution in [2.24, 2.45) is 10.8 Å². The normalized spacial score (nSPS) is 16.3. The van der Waals surface area contributed by atoms with E-state index in [4.69, 9.17) is 4.74 Å². The van der Waals surface area contributed by atoms with Gasteiger partial charge in [0, 0.05) is 26.5 Å². The van der Waals surface area contributed by atoms with E-state index in [0.717, 1.165) is 26.0 Å². The minimum atomic E-state index is -2.87. The van der Waals surface area contributed by atoms with Crippen molar-refractivity contribution < 1.29 is 13.2 Å². The fourth-order valence-electron chi connectivity index (χ4n) is 2.56. The summed E-state index contributed by atoms with van der Waals surface area (Å²) in [7, 11) is -1.14. The number of nitrogens with one attached hydrogen (secondary N) is 1. The molecule has 116 valence electrons. The van der Waals surface area contributed by atoms with Crippen molar-refractivity contribution >= 4 is 9.84 Å². The van der Waals surface area contributed by atoms with Crippen molar-refractivity contribution in [1.29, 1.82) is 0 Å². The summed E-state index contributed by atoms with van der Waals surface area (Å²) < 4.78 is 27.4. The SMILES string of the molecule is CCC(C)(CNCCS(C)(=O)=O)CC(C)(C)COC. The third-order valence-corrected chi connectivity index (χ3v) is 4.44. The molecule has 0 aliphatic rings. The molecule has 0 amide bonds. The van der Waals surface area contributed by atoms with E-state index in [-0.39, 0.29) is 16.6 Å². The van der Waals surface area contributed by atoms with Crippen LogP contribution in [0.3, 0.4) is 0 Å². The van der Waals surface area contributed by atoms with Crippen LogP contribution in [-0.4, -0.2) is 47.2 Å². The van der Waals surface area contributed by atoms with E-state index >= 15 is 0 Å². The van der Waals surface area contributed by atoms with Crippen LogP contribution in [0.1, 0.15) is 40.5 Å². The first kappa shape index (κ1) is 18.9. The molecule has 1 atom stereocenters. The maximum atomic E-state index is 11.1. The van der Waals surface area contributed by atoms with Crippen LogP contribution in [0.4, 0.5) is 0 Å². The first-order chi connectivity index (χ1) is 8.54. The molecule has 5 heteroatoms. The number of hydrogen-bond acceptors (Lipinski definition) is 4. The Labute approximate surface area is 119 Å². The summed E-state index contributed by atoms with van der Waals surface area (Å²) in [4.78, 5) is 0. The Morgan fingerprint density at radius 2 is 1.79 bits per heavy atom. The highest BCUT2D eigenvalue weighted by molar-refractivity contribution is 7.90. The molecule has 0 fully saturated rings. The monoisotopic (exact) mass is 293 g/mol. The Bertz CT molecular complexity index is 352. The smallest absolute Gasteiger partial charge is 0.148 e. The number of hydrogen-bond donors (Lipinski definition) is 1. The van der Waals surface area contributed by atoms with Crippen molar-refractivity contribution in [3.63, 3.8) is 0 Å². The van der Waals surface area contributed by atoms with Gasteiger partial charge in [0.25, 0.3) is 0 Å². The summed E-state index contributed by atoms with van der Waals surface area (Å²) in [5.74, 6) is 0.203. The Morgan fingerprint density at radius 1 is 1.21 bits per heavy atom. The Kier molecular flexibility index (Phi) is 7.55. The molecule has 0 radical (unpaired) electrons. The van der Waals surface area contributed by atoms with Gasteiger partial charge in [0.05, 0.1) is 12.4 Å². The highest BCUT2D eigenvalue weighted by Gasteiger charge is 2.30. The Balaban J connectivity index is 4.30. The average Bonchev–Trinajstić information content (AvgIpc) is 2.22. The van der Waals surface area contributed by atoms with Crippen LogP contribution in [0.5, 0.6) is 0 Å². The van der Waals surface area contributed by atoms with Gasteiger partial charge in [-0.05, 0) is 23.7 Å². The number of rotatable bonds is 10. The highest BCUT2D eigenvalue weighted by atomic mass is 32.2. The topological polar surface area (TPSA) is 55.4 Å². The summed E-state index contributed by atoms with van der Waals surface area (Å²) in [6.45, 7) is 11.0. The minimum Gasteiger partial charge on any atom is -0.384 e. The molecular formula is C14H31NO3S. The van der Waals surface area contributed by atoms with Gasteiger partial charge in [-0.25, -0.2) is 8.42 Å². The Morgan fingerprint density at radius 3 is 2.21 bits per heavy atom. The molecule has 1 unspecified atom stereocenters. The van der Waals surface area contributed by atoms with Crippen LogP contribution in [0, 0.1) is 10.8 Å². The van der Waals surface area contributed by atoms with Crippen molar-refractivity contribution in [3.8, 4) is 0 Å². The maximum absolute atomic E-state index is 11.1. The summed E-state index contributed by atoms with van der Waals surface area (Å²) >= 11 is 0. The summed E-state index contributed by atoms with van der Waals surface area (Å²) in [5.41, 5.74) is 0.303. The van der Waals surface area contributed by atoms with Gasteiger partial charge < -0.3 is 10.1 Å². The zero-order valence-electron chi connectivity index (χ0n) is 13.4. The zero-order valence-corrected chi connectivity index (χ0v) is 14.2. The van der Waals surface area contributed by atoms with Crippen molar-refractivity contribution in [3.05, 3.63) is 0 Å². The van der Waals surface area contributed by atoms with Gasteiger partial charge in [0.2, 0.25) is 0 Å². The van der Waals surface area contributed by atoms with Gasteiger partial charge in [-0.3, -0.25) is 0 Å². The van der Waals surface area contributed by atoms with Gasteiger partial charge in [0.15, 0.2) is 0 Å². The van der Waals surface area contributed by atoms with E-state index in [1.807, 2.05) is 0 Å². The highest BCUT2D eigenvalue weighted by Crippen LogP contribution is 2.36. The van der Waals surface area contributed by atoms with Crippen LogP contribution in [0.15, 0.2) is 0 Å². The first-order valence-corrected chi connectivity index (χ1v) is 8.97. The molecule has 0 saturated heterocycles. The fourth-order valence-corrected chi connectivity index (χ4v) is 3.07. The second-order valence-corrected chi connectivity index (χ2v) is 9.00. The molecular weight excluding hydrogens is 262 g/mol. The standard InChI is InChI=1S/C14H31NO3S/c1-7-14(4,10-13(2,3)12-18-5)11-15-8-9-19(6,16)17/h15H,7-12H2,1-6H3. The molecule has 0 saturated carbocycles. The number of methoxy groups -OCH3 is 1. The van der Waals surface area contributed by atoms with Crippen LogP contribution >= 0.6 is 0 Å². The van der Waals surface area contributed by atoms with E-state index in [1.165, 1.54) is 6.26 Å². The van der Waals surface area contributed by atoms with Gasteiger partial charge in [-0.2, -0.15) is 0 Å². The third kappa shape index (κ3) is 9.41. The molecule has 1 N–H and O–H groups in total. The van der Waals surface area contributed by atoms with Gasteiger partial charge in [-0.15, -0.1) is 0 Å². The van der Waals surface area contributed by atoms with Gasteiger partial charge in [-0.1, -0.05) is 27.7 Å². The lowest BCUT2D eigenvalue weighted by atomic mass is 9.72. The lowest BCUT2D eigenvalue weighted by Crippen LogP contribution is -2.38. The van der Waals surface area contributed by atoms with E-state index in [1.54, 1.807) is 7.11 Å². The van der Waals surface area contributed by atoms with Crippen LogP contribution < -0.4 is 5.32 Å². The Hall–Kier alpha value is -0.130. The second-order valence-electron chi connectivity index (χ2n) is 6.74. The summed E-state index contributed by atoms with van der Waals surface area (Å²) in [5, 5.41) is 3.28. The summed E-state index contributed by atoms with van der Waals surface area (Å²) in [6.07, 6.45) is 3.39. The molecule has 0 heterocycles. The molecule has 0 spiro atoms. The molecule has 0 aromatic carbocycles. The molecule has 0 aromatic rings. The van der Waals surface area contributed by atoms with Gasteiger partial charge in [0.1, 0.15) is 9.84 Å². The molecule has 0 aliphatic heterocycles. The molecule has 19 heavy (non-hydrogen) atoms. The third-order valence-electron chi connectivity index (χ3n) is 3.50. The molecule has 0 aliphatic carbocycles. The lowest BCUT2D eigenvalue weighted by molar-refractivity contribution is 0.0609. The van der Waals surface area contributed by atoms with E-state index in [0.29, 0.717) is 6.54 Å². The largest absolute Gasteiger partial charge is 0.384 e. The zero-order chi connectivity index (χ0) is 15.2. The maximum Gasteiger partial charge on any atom is 0.148 e. The van der Waals surface area contributed by atoms with Crippen LogP contribution in [-0.2, 0) is 14.6 Å². The lowest BCUT2D eigenvalue weighted by Gasteiger charge is -2.37. The van der Waals surface area contributed by atoms with E-state index < -0.39 is 9.84 Å². The first-order valence-electron chi connectivity index (χ1n) is 6.91. The quantitative estimate of drug-likeness (QED) is 0.627. The second kappa shape index (κ2) is 7.60. The van der Waals surface area contributed by atoms with Crippen molar-refractivity contribution in [2.75, 3.05) is 38.8 Å². The van der Waals surface area contributed by atoms with E-state index in [9.17, 15) is 8.42 Å². The molecule has 4 nitrogen and oxygen atoms in total.